The third-order valence-corrected chi connectivity index (χ3v) is 3.79. The molecule has 1 amide bonds. The molecule has 25 heavy (non-hydrogen) atoms. The van der Waals surface area contributed by atoms with Crippen LogP contribution in [0.4, 0.5) is 13.2 Å². The summed E-state index contributed by atoms with van der Waals surface area (Å²) in [4.78, 5) is 11.9. The molecule has 0 spiro atoms. The van der Waals surface area contributed by atoms with Crippen molar-refractivity contribution in [3.63, 3.8) is 0 Å². The molecule has 0 bridgehead atoms. The average Bonchev–Trinajstić information content (AvgIpc) is 2.80. The van der Waals surface area contributed by atoms with E-state index in [1.54, 1.807) is 20.8 Å². The van der Waals surface area contributed by atoms with Gasteiger partial charge in [-0.25, -0.2) is 4.68 Å². The van der Waals surface area contributed by atoms with E-state index in [9.17, 15) is 23.1 Å². The number of aliphatic hydroxyl groups is 1. The lowest BCUT2D eigenvalue weighted by molar-refractivity contribution is -0.137. The molecule has 0 aliphatic carbocycles. The van der Waals surface area contributed by atoms with E-state index in [1.165, 1.54) is 16.8 Å². The number of benzene rings is 1. The van der Waals surface area contributed by atoms with E-state index in [-0.39, 0.29) is 24.6 Å². The molecule has 2 aromatic rings. The number of halogens is 3. The van der Waals surface area contributed by atoms with Gasteiger partial charge < -0.3 is 10.4 Å². The Morgan fingerprint density at radius 1 is 1.36 bits per heavy atom. The molecule has 8 heteroatoms. The summed E-state index contributed by atoms with van der Waals surface area (Å²) < 4.78 is 40.1. The van der Waals surface area contributed by atoms with Crippen LogP contribution in [0.3, 0.4) is 0 Å². The summed E-state index contributed by atoms with van der Waals surface area (Å²) in [6.07, 6.45) is -5.04. The lowest BCUT2D eigenvalue weighted by Gasteiger charge is -2.10. The first-order valence-corrected chi connectivity index (χ1v) is 7.77. The summed E-state index contributed by atoms with van der Waals surface area (Å²) in [7, 11) is 0. The predicted molar refractivity (Wildman–Crippen MR) is 86.4 cm³/mol. The van der Waals surface area contributed by atoms with E-state index < -0.39 is 17.8 Å². The van der Waals surface area contributed by atoms with Crippen LogP contribution in [0.1, 0.15) is 29.4 Å². The quantitative estimate of drug-likeness (QED) is 0.866. The molecule has 0 radical (unpaired) electrons. The fraction of sp³-hybridized carbons (Fsp3) is 0.412. The maximum absolute atomic E-state index is 12.9. The number of carbonyl (C=O) groups excluding carboxylic acids is 1. The highest BCUT2D eigenvalue weighted by atomic mass is 19.4. The Morgan fingerprint density at radius 2 is 2.04 bits per heavy atom. The van der Waals surface area contributed by atoms with Crippen molar-refractivity contribution >= 4 is 5.91 Å². The van der Waals surface area contributed by atoms with Crippen molar-refractivity contribution in [1.82, 2.24) is 15.1 Å². The molecular weight excluding hydrogens is 335 g/mol. The van der Waals surface area contributed by atoms with Gasteiger partial charge in [0.25, 0.3) is 0 Å². The van der Waals surface area contributed by atoms with E-state index in [4.69, 9.17) is 0 Å². The van der Waals surface area contributed by atoms with Gasteiger partial charge in [0.15, 0.2) is 0 Å². The minimum Gasteiger partial charge on any atom is -0.392 e. The second-order valence-corrected chi connectivity index (χ2v) is 5.94. The molecule has 1 aromatic heterocycles. The molecule has 2 N–H and O–H groups in total. The van der Waals surface area contributed by atoms with Crippen LogP contribution >= 0.6 is 0 Å². The Kier molecular flexibility index (Phi) is 5.52. The minimum atomic E-state index is -4.43. The number of alkyl halides is 3. The van der Waals surface area contributed by atoms with E-state index in [2.05, 4.69) is 10.4 Å². The summed E-state index contributed by atoms with van der Waals surface area (Å²) in [5.41, 5.74) is 1.35. The molecule has 1 aromatic carbocycles. The van der Waals surface area contributed by atoms with Crippen LogP contribution in [0.15, 0.2) is 24.3 Å². The Morgan fingerprint density at radius 3 is 2.64 bits per heavy atom. The maximum atomic E-state index is 12.9. The summed E-state index contributed by atoms with van der Waals surface area (Å²) in [5.74, 6) is -0.282. The molecule has 0 fully saturated rings. The summed E-state index contributed by atoms with van der Waals surface area (Å²) >= 11 is 0. The summed E-state index contributed by atoms with van der Waals surface area (Å²) in [6, 6.07) is 4.88. The minimum absolute atomic E-state index is 0.0450. The van der Waals surface area contributed by atoms with Crippen LogP contribution in [-0.2, 0) is 17.4 Å². The van der Waals surface area contributed by atoms with Crippen molar-refractivity contribution in [3.8, 4) is 5.69 Å². The van der Waals surface area contributed by atoms with Crippen LogP contribution < -0.4 is 5.32 Å². The molecule has 0 aliphatic heterocycles. The Balaban J connectivity index is 2.29. The van der Waals surface area contributed by atoms with Gasteiger partial charge in [-0.05, 0) is 39.0 Å². The first-order valence-electron chi connectivity index (χ1n) is 7.77. The number of amides is 1. The number of hydrogen-bond acceptors (Lipinski definition) is 3. The van der Waals surface area contributed by atoms with Gasteiger partial charge in [0.2, 0.25) is 5.91 Å². The number of aryl methyl sites for hydroxylation is 1. The van der Waals surface area contributed by atoms with E-state index in [1.807, 2.05) is 0 Å². The number of hydrogen-bond donors (Lipinski definition) is 2. The monoisotopic (exact) mass is 355 g/mol. The third kappa shape index (κ3) is 4.60. The molecule has 2 rings (SSSR count). The normalized spacial score (nSPS) is 12.9. The number of aromatic nitrogens is 2. The maximum Gasteiger partial charge on any atom is 0.416 e. The molecular formula is C17H20F3N3O2. The Labute approximate surface area is 143 Å². The van der Waals surface area contributed by atoms with Crippen molar-refractivity contribution < 1.29 is 23.1 Å². The van der Waals surface area contributed by atoms with Gasteiger partial charge >= 0.3 is 6.18 Å². The first-order chi connectivity index (χ1) is 11.6. The van der Waals surface area contributed by atoms with Gasteiger partial charge in [-0.2, -0.15) is 18.3 Å². The average molecular weight is 355 g/mol. The predicted octanol–water partition coefficient (Wildman–Crippen LogP) is 2.55. The molecule has 136 valence electrons. The molecule has 1 unspecified atom stereocenters. The van der Waals surface area contributed by atoms with Crippen molar-refractivity contribution in [1.29, 1.82) is 0 Å². The first kappa shape index (κ1) is 19.0. The molecule has 0 aliphatic rings. The topological polar surface area (TPSA) is 67.2 Å². The number of nitrogens with one attached hydrogen (secondary N) is 1. The van der Waals surface area contributed by atoms with Gasteiger partial charge in [-0.1, -0.05) is 6.07 Å². The van der Waals surface area contributed by atoms with Gasteiger partial charge in [0.1, 0.15) is 0 Å². The smallest absolute Gasteiger partial charge is 0.392 e. The number of nitrogens with zero attached hydrogens (tertiary/aromatic N) is 2. The van der Waals surface area contributed by atoms with Crippen molar-refractivity contribution in [2.45, 2.75) is 39.5 Å². The van der Waals surface area contributed by atoms with Gasteiger partial charge in [0, 0.05) is 17.8 Å². The SMILES string of the molecule is Cc1nn(-c2cccc(C(F)(F)F)c2)c(C)c1CC(=O)NCC(C)O. The molecule has 0 saturated carbocycles. The van der Waals surface area contributed by atoms with Crippen molar-refractivity contribution in [3.05, 3.63) is 46.8 Å². The lowest BCUT2D eigenvalue weighted by atomic mass is 10.1. The number of carbonyl (C=O) groups is 1. The van der Waals surface area contributed by atoms with E-state index >= 15 is 0 Å². The Hall–Kier alpha value is -2.35. The standard InChI is InChI=1S/C17H20F3N3O2/c1-10(24)9-21-16(25)8-15-11(2)22-23(12(15)3)14-6-4-5-13(7-14)17(18,19)20/h4-7,10,24H,8-9H2,1-3H3,(H,21,25). The zero-order valence-corrected chi connectivity index (χ0v) is 14.2. The molecule has 0 saturated heterocycles. The molecule has 1 atom stereocenters. The fourth-order valence-corrected chi connectivity index (χ4v) is 2.48. The lowest BCUT2D eigenvalue weighted by Crippen LogP contribution is -2.31. The highest BCUT2D eigenvalue weighted by Gasteiger charge is 2.30. The molecule has 1 heterocycles. The van der Waals surface area contributed by atoms with Crippen LogP contribution in [-0.4, -0.2) is 33.4 Å². The van der Waals surface area contributed by atoms with Crippen LogP contribution in [0.2, 0.25) is 0 Å². The Bertz CT molecular complexity index is 767. The van der Waals surface area contributed by atoms with Crippen molar-refractivity contribution in [2.75, 3.05) is 6.54 Å². The number of rotatable bonds is 5. The van der Waals surface area contributed by atoms with Crippen LogP contribution in [0.25, 0.3) is 5.69 Å². The van der Waals surface area contributed by atoms with E-state index in [0.717, 1.165) is 12.1 Å². The van der Waals surface area contributed by atoms with Crippen LogP contribution in [0.5, 0.6) is 0 Å². The van der Waals surface area contributed by atoms with Gasteiger partial charge in [0.05, 0.1) is 29.5 Å². The molecule has 5 nitrogen and oxygen atoms in total. The fourth-order valence-electron chi connectivity index (χ4n) is 2.48. The van der Waals surface area contributed by atoms with Gasteiger partial charge in [-0.15, -0.1) is 0 Å². The highest BCUT2D eigenvalue weighted by Crippen LogP contribution is 2.30. The van der Waals surface area contributed by atoms with Crippen LogP contribution in [0, 0.1) is 13.8 Å². The van der Waals surface area contributed by atoms with E-state index in [0.29, 0.717) is 17.0 Å². The number of aliphatic hydroxyl groups excluding tert-OH is 1. The summed E-state index contributed by atoms with van der Waals surface area (Å²) in [6.45, 7) is 5.10. The highest BCUT2D eigenvalue weighted by molar-refractivity contribution is 5.79. The second kappa shape index (κ2) is 7.26. The second-order valence-electron chi connectivity index (χ2n) is 5.94. The summed E-state index contributed by atoms with van der Waals surface area (Å²) in [5, 5.41) is 16.1. The zero-order valence-electron chi connectivity index (χ0n) is 14.2. The van der Waals surface area contributed by atoms with Gasteiger partial charge in [-0.3, -0.25) is 4.79 Å². The third-order valence-electron chi connectivity index (χ3n) is 3.79. The zero-order chi connectivity index (χ0) is 18.8. The van der Waals surface area contributed by atoms with Crippen molar-refractivity contribution in [2.24, 2.45) is 0 Å². The largest absolute Gasteiger partial charge is 0.416 e.